The Kier molecular flexibility index (Phi) is 10.5. The average molecular weight is 585 g/mol. The van der Waals surface area contributed by atoms with E-state index in [-0.39, 0.29) is 13.2 Å². The number of hydrogen-bond donors (Lipinski definition) is 1. The second kappa shape index (κ2) is 13.6. The topological polar surface area (TPSA) is 157 Å². The normalized spacial score (nSPS) is 22.5. The number of carbonyl (C=O) groups excluding carboxylic acids is 4. The van der Waals surface area contributed by atoms with E-state index in [1.165, 1.54) is 27.7 Å². The number of halogens is 1. The van der Waals surface area contributed by atoms with Gasteiger partial charge >= 0.3 is 17.9 Å². The Morgan fingerprint density at radius 2 is 1.64 bits per heavy atom. The average Bonchev–Trinajstić information content (AvgIpc) is 3.19. The molecule has 1 N–H and O–H groups in total. The Bertz CT molecular complexity index is 1190. The molecule has 15 heteroatoms. The highest BCUT2D eigenvalue weighted by molar-refractivity contribution is 7.99. The molecule has 2 heterocycles. The molecule has 1 saturated heterocycles. The first-order chi connectivity index (χ1) is 18.4. The Morgan fingerprint density at radius 1 is 1.00 bits per heavy atom. The fourth-order valence-electron chi connectivity index (χ4n) is 3.75. The van der Waals surface area contributed by atoms with Crippen LogP contribution in [-0.4, -0.2) is 75.0 Å². The van der Waals surface area contributed by atoms with Crippen LogP contribution in [-0.2, 0) is 51.8 Å². The van der Waals surface area contributed by atoms with Gasteiger partial charge in [-0.05, 0) is 24.3 Å². The molecule has 13 nitrogen and oxygen atoms in total. The van der Waals surface area contributed by atoms with Crippen LogP contribution in [0.25, 0.3) is 0 Å². The van der Waals surface area contributed by atoms with Crippen LogP contribution in [0.15, 0.2) is 29.4 Å². The Labute approximate surface area is 233 Å². The highest BCUT2D eigenvalue weighted by atomic mass is 35.5. The molecule has 2 aromatic rings. The first-order valence-electron chi connectivity index (χ1n) is 11.8. The van der Waals surface area contributed by atoms with Crippen molar-refractivity contribution in [1.29, 1.82) is 0 Å². The molecule has 1 fully saturated rings. The summed E-state index contributed by atoms with van der Waals surface area (Å²) < 4.78 is 29.6. The summed E-state index contributed by atoms with van der Waals surface area (Å²) in [4.78, 5) is 47.6. The lowest BCUT2D eigenvalue weighted by Gasteiger charge is -2.44. The summed E-state index contributed by atoms with van der Waals surface area (Å²) in [5, 5.41) is 12.1. The second-order valence-electron chi connectivity index (χ2n) is 8.54. The van der Waals surface area contributed by atoms with E-state index in [4.69, 9.17) is 35.3 Å². The lowest BCUT2D eigenvalue weighted by molar-refractivity contribution is -0.211. The van der Waals surface area contributed by atoms with Gasteiger partial charge in [0.1, 0.15) is 36.5 Å². The zero-order chi connectivity index (χ0) is 28.7. The zero-order valence-corrected chi connectivity index (χ0v) is 23.5. The van der Waals surface area contributed by atoms with E-state index in [1.807, 2.05) is 0 Å². The molecule has 0 bridgehead atoms. The number of hydrogen-bond acceptors (Lipinski definition) is 12. The van der Waals surface area contributed by atoms with Gasteiger partial charge in [0.05, 0.1) is 0 Å². The van der Waals surface area contributed by atoms with E-state index in [9.17, 15) is 19.2 Å². The molecule has 1 aliphatic heterocycles. The number of thioether (sulfide) groups is 1. The van der Waals surface area contributed by atoms with Crippen LogP contribution in [0, 0.1) is 0 Å². The standard InChI is InChI=1S/C24H29ClN4O9S/c1-12(30)26-20-22(37-15(4)33)21(36-14(3)32)18(10-34-13(2)31)38-23(20)39-24-28-27-19(29(24)5)11-35-17-8-6-16(25)7-9-17/h6-9,18,20-23H,10-11H2,1-5H3,(H,26,30)/t18-,20+,21+,22-,23+/m1/s1. The van der Waals surface area contributed by atoms with E-state index >= 15 is 0 Å². The van der Waals surface area contributed by atoms with E-state index in [0.29, 0.717) is 21.8 Å². The van der Waals surface area contributed by atoms with E-state index in [0.717, 1.165) is 11.8 Å². The predicted octanol–water partition coefficient (Wildman–Crippen LogP) is 1.80. The quantitative estimate of drug-likeness (QED) is 0.319. The van der Waals surface area contributed by atoms with Crippen LogP contribution in [0.5, 0.6) is 5.75 Å². The van der Waals surface area contributed by atoms with E-state index < -0.39 is 53.6 Å². The SMILES string of the molecule is CC(=O)N[C@H]1[C@@H](OC(C)=O)[C@@H](OC(C)=O)[C@@H](COC(C)=O)O[C@H]1Sc1nnc(COc2ccc(Cl)cc2)n1C. The number of amides is 1. The van der Waals surface area contributed by atoms with Crippen molar-refractivity contribution in [3.8, 4) is 5.75 Å². The largest absolute Gasteiger partial charge is 0.486 e. The molecule has 1 aliphatic rings. The first-order valence-corrected chi connectivity index (χ1v) is 13.0. The summed E-state index contributed by atoms with van der Waals surface area (Å²) >= 11 is 6.99. The molecular formula is C24H29ClN4O9S. The van der Waals surface area contributed by atoms with Gasteiger partial charge in [0.15, 0.2) is 23.2 Å². The van der Waals surface area contributed by atoms with Gasteiger partial charge in [-0.2, -0.15) is 0 Å². The fraction of sp³-hybridized carbons (Fsp3) is 0.500. The summed E-state index contributed by atoms with van der Waals surface area (Å²) in [6.45, 7) is 4.67. The van der Waals surface area contributed by atoms with E-state index in [2.05, 4.69) is 15.5 Å². The second-order valence-corrected chi connectivity index (χ2v) is 10.0. The molecule has 1 aromatic carbocycles. The van der Waals surface area contributed by atoms with Gasteiger partial charge in [0, 0.05) is 39.8 Å². The molecule has 0 unspecified atom stereocenters. The number of esters is 3. The van der Waals surface area contributed by atoms with Crippen molar-refractivity contribution in [3.63, 3.8) is 0 Å². The maximum atomic E-state index is 12.1. The predicted molar refractivity (Wildman–Crippen MR) is 137 cm³/mol. The van der Waals surface area contributed by atoms with Gasteiger partial charge in [0.25, 0.3) is 0 Å². The van der Waals surface area contributed by atoms with Crippen LogP contribution >= 0.6 is 23.4 Å². The number of ether oxygens (including phenoxy) is 5. The fourth-order valence-corrected chi connectivity index (χ4v) is 5.00. The maximum Gasteiger partial charge on any atom is 0.303 e. The number of benzene rings is 1. The minimum atomic E-state index is -1.18. The van der Waals surface area contributed by atoms with Crippen LogP contribution in [0.4, 0.5) is 0 Å². The summed E-state index contributed by atoms with van der Waals surface area (Å²) in [5.74, 6) is -1.31. The lowest BCUT2D eigenvalue weighted by atomic mass is 9.97. The summed E-state index contributed by atoms with van der Waals surface area (Å²) in [7, 11) is 1.72. The molecule has 5 atom stereocenters. The number of carbonyl (C=O) groups is 4. The van der Waals surface area contributed by atoms with Crippen molar-refractivity contribution in [3.05, 3.63) is 35.1 Å². The van der Waals surface area contributed by atoms with Crippen LogP contribution in [0.2, 0.25) is 5.02 Å². The maximum absolute atomic E-state index is 12.1. The van der Waals surface area contributed by atoms with Gasteiger partial charge in [-0.3, -0.25) is 19.2 Å². The van der Waals surface area contributed by atoms with Crippen molar-refractivity contribution in [1.82, 2.24) is 20.1 Å². The van der Waals surface area contributed by atoms with Gasteiger partial charge in [-0.25, -0.2) is 0 Å². The highest BCUT2D eigenvalue weighted by Crippen LogP contribution is 2.35. The van der Waals surface area contributed by atoms with Gasteiger partial charge in [0.2, 0.25) is 5.91 Å². The molecule has 1 amide bonds. The molecule has 0 saturated carbocycles. The van der Waals surface area contributed by atoms with Crippen LogP contribution in [0.3, 0.4) is 0 Å². The highest BCUT2D eigenvalue weighted by Gasteiger charge is 2.51. The molecule has 212 valence electrons. The van der Waals surface area contributed by atoms with Gasteiger partial charge in [-0.1, -0.05) is 23.4 Å². The number of aromatic nitrogens is 3. The van der Waals surface area contributed by atoms with Crippen molar-refractivity contribution in [2.45, 2.75) is 69.2 Å². The molecule has 0 aliphatic carbocycles. The lowest BCUT2D eigenvalue weighted by Crippen LogP contribution is -2.65. The van der Waals surface area contributed by atoms with Crippen LogP contribution < -0.4 is 10.1 Å². The summed E-state index contributed by atoms with van der Waals surface area (Å²) in [6, 6.07) is 5.87. The van der Waals surface area contributed by atoms with Crippen molar-refractivity contribution in [2.24, 2.45) is 7.05 Å². The van der Waals surface area contributed by atoms with Crippen molar-refractivity contribution in [2.75, 3.05) is 6.61 Å². The molecule has 1 aromatic heterocycles. The third-order valence-corrected chi connectivity index (χ3v) is 6.85. The van der Waals surface area contributed by atoms with E-state index in [1.54, 1.807) is 35.9 Å². The third-order valence-electron chi connectivity index (χ3n) is 5.40. The molecular weight excluding hydrogens is 556 g/mol. The Balaban J connectivity index is 1.88. The van der Waals surface area contributed by atoms with Gasteiger partial charge < -0.3 is 33.6 Å². The summed E-state index contributed by atoms with van der Waals surface area (Å²) in [6.07, 6.45) is -3.36. The number of nitrogens with zero attached hydrogens (tertiary/aromatic N) is 3. The molecule has 3 rings (SSSR count). The molecule has 0 radical (unpaired) electrons. The number of rotatable bonds is 10. The first kappa shape index (κ1) is 30.2. The third kappa shape index (κ3) is 8.57. The number of nitrogens with one attached hydrogen (secondary N) is 1. The molecule has 39 heavy (non-hydrogen) atoms. The Hall–Kier alpha value is -3.36. The Morgan fingerprint density at radius 3 is 2.23 bits per heavy atom. The van der Waals surface area contributed by atoms with Crippen LogP contribution in [0.1, 0.15) is 33.5 Å². The van der Waals surface area contributed by atoms with Crippen molar-refractivity contribution < 1.29 is 42.9 Å². The molecule has 0 spiro atoms. The minimum absolute atomic E-state index is 0.103. The zero-order valence-electron chi connectivity index (χ0n) is 21.9. The monoisotopic (exact) mass is 584 g/mol. The van der Waals surface area contributed by atoms with Crippen molar-refractivity contribution >= 4 is 47.2 Å². The smallest absolute Gasteiger partial charge is 0.303 e. The van der Waals surface area contributed by atoms with Gasteiger partial charge in [-0.15, -0.1) is 10.2 Å². The summed E-state index contributed by atoms with van der Waals surface area (Å²) in [5.41, 5.74) is -0.918. The minimum Gasteiger partial charge on any atom is -0.486 e.